The van der Waals surface area contributed by atoms with Gasteiger partial charge in [-0.1, -0.05) is 22.0 Å². The molecule has 5 heteroatoms. The van der Waals surface area contributed by atoms with Gasteiger partial charge in [-0.3, -0.25) is 4.79 Å². The molecule has 2 N–H and O–H groups in total. The van der Waals surface area contributed by atoms with Crippen LogP contribution in [-0.4, -0.2) is 25.0 Å². The molecule has 0 bridgehead atoms. The van der Waals surface area contributed by atoms with E-state index in [1.807, 2.05) is 25.1 Å². The SMILES string of the molecule is Cc1ccc(Br)cc1C(=O)NC1C2CNCC21.Cl. The van der Waals surface area contributed by atoms with Crippen LogP contribution >= 0.6 is 28.3 Å². The minimum atomic E-state index is 0. The zero-order chi connectivity index (χ0) is 12.0. The maximum atomic E-state index is 12.1. The number of piperidine rings is 1. The second-order valence-corrected chi connectivity index (χ2v) is 5.86. The predicted molar refractivity (Wildman–Crippen MR) is 77.2 cm³/mol. The predicted octanol–water partition coefficient (Wildman–Crippen LogP) is 2.13. The Labute approximate surface area is 121 Å². The van der Waals surface area contributed by atoms with E-state index in [0.29, 0.717) is 17.9 Å². The van der Waals surface area contributed by atoms with Crippen LogP contribution in [0.5, 0.6) is 0 Å². The standard InChI is InChI=1S/C13H15BrN2O.ClH/c1-7-2-3-8(14)4-9(7)13(17)16-12-10-5-15-6-11(10)12;/h2-4,10-12,15H,5-6H2,1H3,(H,16,17);1H. The smallest absolute Gasteiger partial charge is 0.251 e. The summed E-state index contributed by atoms with van der Waals surface area (Å²) in [6.07, 6.45) is 0. The molecular weight excluding hydrogens is 316 g/mol. The molecule has 1 saturated carbocycles. The highest BCUT2D eigenvalue weighted by atomic mass is 79.9. The van der Waals surface area contributed by atoms with Crippen molar-refractivity contribution in [3.05, 3.63) is 33.8 Å². The fraction of sp³-hybridized carbons (Fsp3) is 0.462. The van der Waals surface area contributed by atoms with E-state index in [1.54, 1.807) is 0 Å². The molecule has 0 radical (unpaired) electrons. The Kier molecular flexibility index (Phi) is 3.99. The van der Waals surface area contributed by atoms with E-state index < -0.39 is 0 Å². The van der Waals surface area contributed by atoms with Crippen molar-refractivity contribution < 1.29 is 4.79 Å². The normalized spacial score (nSPS) is 28.2. The van der Waals surface area contributed by atoms with Crippen LogP contribution in [0.3, 0.4) is 0 Å². The number of hydrogen-bond acceptors (Lipinski definition) is 2. The van der Waals surface area contributed by atoms with Gasteiger partial charge in [0.1, 0.15) is 0 Å². The average Bonchev–Trinajstić information content (AvgIpc) is 2.76. The lowest BCUT2D eigenvalue weighted by molar-refractivity contribution is 0.0946. The lowest BCUT2D eigenvalue weighted by Gasteiger charge is -2.10. The fourth-order valence-electron chi connectivity index (χ4n) is 2.70. The van der Waals surface area contributed by atoms with Crippen LogP contribution in [0, 0.1) is 18.8 Å². The van der Waals surface area contributed by atoms with Crippen molar-refractivity contribution in [2.45, 2.75) is 13.0 Å². The molecular formula is C13H16BrClN2O. The summed E-state index contributed by atoms with van der Waals surface area (Å²) in [4.78, 5) is 12.1. The van der Waals surface area contributed by atoms with Crippen LogP contribution in [0.15, 0.2) is 22.7 Å². The van der Waals surface area contributed by atoms with Gasteiger partial charge >= 0.3 is 0 Å². The molecule has 1 saturated heterocycles. The number of nitrogens with one attached hydrogen (secondary N) is 2. The van der Waals surface area contributed by atoms with E-state index in [4.69, 9.17) is 0 Å². The van der Waals surface area contributed by atoms with Crippen molar-refractivity contribution in [1.29, 1.82) is 0 Å². The van der Waals surface area contributed by atoms with E-state index >= 15 is 0 Å². The second kappa shape index (κ2) is 5.19. The van der Waals surface area contributed by atoms with E-state index in [0.717, 1.165) is 28.7 Å². The zero-order valence-corrected chi connectivity index (χ0v) is 12.5. The third kappa shape index (κ3) is 2.42. The minimum Gasteiger partial charge on any atom is -0.349 e. The minimum absolute atomic E-state index is 0. The van der Waals surface area contributed by atoms with Gasteiger partial charge in [-0.25, -0.2) is 0 Å². The quantitative estimate of drug-likeness (QED) is 0.871. The Morgan fingerprint density at radius 3 is 2.72 bits per heavy atom. The summed E-state index contributed by atoms with van der Waals surface area (Å²) >= 11 is 3.41. The number of carbonyl (C=O) groups excluding carboxylic acids is 1. The van der Waals surface area contributed by atoms with Gasteiger partial charge in [0, 0.05) is 29.2 Å². The number of fused-ring (bicyclic) bond motifs is 1. The molecule has 1 aromatic rings. The molecule has 1 amide bonds. The van der Waals surface area contributed by atoms with Crippen molar-refractivity contribution in [3.63, 3.8) is 0 Å². The van der Waals surface area contributed by atoms with Gasteiger partial charge in [0.2, 0.25) is 0 Å². The first-order chi connectivity index (χ1) is 8.16. The van der Waals surface area contributed by atoms with Crippen molar-refractivity contribution in [1.82, 2.24) is 10.6 Å². The van der Waals surface area contributed by atoms with Gasteiger partial charge in [0.25, 0.3) is 5.91 Å². The van der Waals surface area contributed by atoms with Gasteiger partial charge in [-0.05, 0) is 36.5 Å². The first kappa shape index (κ1) is 13.8. The molecule has 2 fully saturated rings. The molecule has 2 aliphatic rings. The highest BCUT2D eigenvalue weighted by Gasteiger charge is 2.53. The number of carbonyl (C=O) groups is 1. The maximum Gasteiger partial charge on any atom is 0.251 e. The first-order valence-corrected chi connectivity index (χ1v) is 6.74. The highest BCUT2D eigenvalue weighted by Crippen LogP contribution is 2.41. The molecule has 18 heavy (non-hydrogen) atoms. The summed E-state index contributed by atoms with van der Waals surface area (Å²) in [7, 11) is 0. The van der Waals surface area contributed by atoms with E-state index in [9.17, 15) is 4.79 Å². The maximum absolute atomic E-state index is 12.1. The van der Waals surface area contributed by atoms with Crippen LogP contribution in [-0.2, 0) is 0 Å². The third-order valence-corrected chi connectivity index (χ3v) is 4.33. The molecule has 0 aromatic heterocycles. The van der Waals surface area contributed by atoms with Gasteiger partial charge in [-0.2, -0.15) is 0 Å². The van der Waals surface area contributed by atoms with Crippen molar-refractivity contribution in [3.8, 4) is 0 Å². The molecule has 1 aliphatic carbocycles. The molecule has 2 atom stereocenters. The Hall–Kier alpha value is -0.580. The molecule has 98 valence electrons. The van der Waals surface area contributed by atoms with Crippen LogP contribution in [0.2, 0.25) is 0 Å². The van der Waals surface area contributed by atoms with Gasteiger partial charge < -0.3 is 10.6 Å². The summed E-state index contributed by atoms with van der Waals surface area (Å²) in [5.41, 5.74) is 1.80. The molecule has 3 rings (SSSR count). The Morgan fingerprint density at radius 1 is 1.39 bits per heavy atom. The first-order valence-electron chi connectivity index (χ1n) is 5.94. The number of aryl methyl sites for hydroxylation is 1. The summed E-state index contributed by atoms with van der Waals surface area (Å²) in [5.74, 6) is 1.38. The summed E-state index contributed by atoms with van der Waals surface area (Å²) in [6.45, 7) is 4.07. The van der Waals surface area contributed by atoms with E-state index in [1.165, 1.54) is 0 Å². The average molecular weight is 332 g/mol. The lowest BCUT2D eigenvalue weighted by Crippen LogP contribution is -2.32. The molecule has 3 nitrogen and oxygen atoms in total. The number of halogens is 2. The molecule has 1 aromatic carbocycles. The summed E-state index contributed by atoms with van der Waals surface area (Å²) in [6, 6.07) is 6.21. The number of benzene rings is 1. The Balaban J connectivity index is 0.00000120. The van der Waals surface area contributed by atoms with Crippen molar-refractivity contribution in [2.24, 2.45) is 11.8 Å². The van der Waals surface area contributed by atoms with Gasteiger partial charge in [-0.15, -0.1) is 12.4 Å². The molecule has 2 unspecified atom stereocenters. The van der Waals surface area contributed by atoms with Crippen molar-refractivity contribution >= 4 is 34.2 Å². The monoisotopic (exact) mass is 330 g/mol. The van der Waals surface area contributed by atoms with Crippen molar-refractivity contribution in [2.75, 3.05) is 13.1 Å². The van der Waals surface area contributed by atoms with E-state index in [-0.39, 0.29) is 18.3 Å². The summed E-state index contributed by atoms with van der Waals surface area (Å²) in [5, 5.41) is 6.47. The third-order valence-electron chi connectivity index (χ3n) is 3.83. The Bertz CT molecular complexity index is 470. The van der Waals surface area contributed by atoms with Gasteiger partial charge in [0.15, 0.2) is 0 Å². The van der Waals surface area contributed by atoms with Crippen LogP contribution in [0.25, 0.3) is 0 Å². The highest BCUT2D eigenvalue weighted by molar-refractivity contribution is 9.10. The number of hydrogen-bond donors (Lipinski definition) is 2. The number of amides is 1. The van der Waals surface area contributed by atoms with Crippen LogP contribution < -0.4 is 10.6 Å². The topological polar surface area (TPSA) is 41.1 Å². The van der Waals surface area contributed by atoms with Crippen LogP contribution in [0.1, 0.15) is 15.9 Å². The van der Waals surface area contributed by atoms with E-state index in [2.05, 4.69) is 26.6 Å². The lowest BCUT2D eigenvalue weighted by atomic mass is 10.1. The fourth-order valence-corrected chi connectivity index (χ4v) is 3.06. The van der Waals surface area contributed by atoms with Crippen LogP contribution in [0.4, 0.5) is 0 Å². The Morgan fingerprint density at radius 2 is 2.06 bits per heavy atom. The zero-order valence-electron chi connectivity index (χ0n) is 10.1. The molecule has 0 spiro atoms. The van der Waals surface area contributed by atoms with Gasteiger partial charge in [0.05, 0.1) is 0 Å². The number of rotatable bonds is 2. The summed E-state index contributed by atoms with van der Waals surface area (Å²) < 4.78 is 0.950. The second-order valence-electron chi connectivity index (χ2n) is 4.94. The molecule has 1 heterocycles. The molecule has 1 aliphatic heterocycles. The largest absolute Gasteiger partial charge is 0.349 e.